The van der Waals surface area contributed by atoms with Crippen molar-refractivity contribution in [3.05, 3.63) is 44.5 Å². The van der Waals surface area contributed by atoms with Crippen LogP contribution < -0.4 is 4.80 Å². The number of carbonyl (C=O) groups is 1. The van der Waals surface area contributed by atoms with Crippen LogP contribution in [0.2, 0.25) is 4.34 Å². The van der Waals surface area contributed by atoms with Crippen LogP contribution >= 0.6 is 34.3 Å². The van der Waals surface area contributed by atoms with Crippen LogP contribution in [-0.2, 0) is 26.1 Å². The minimum Gasteiger partial charge on any atom is -0.465 e. The third-order valence-electron chi connectivity index (χ3n) is 3.71. The van der Waals surface area contributed by atoms with Gasteiger partial charge in [-0.1, -0.05) is 29.0 Å². The fourth-order valence-electron chi connectivity index (χ4n) is 2.66. The molecular weight excluding hydrogens is 428 g/mol. The van der Waals surface area contributed by atoms with Gasteiger partial charge in [-0.05, 0) is 50.1 Å². The van der Waals surface area contributed by atoms with Crippen molar-refractivity contribution in [3.8, 4) is 0 Å². The second-order valence-electron chi connectivity index (χ2n) is 5.83. The maximum absolute atomic E-state index is 12.7. The molecule has 0 aliphatic heterocycles. The molecule has 0 spiro atoms. The van der Waals surface area contributed by atoms with Gasteiger partial charge in [-0.25, -0.2) is 0 Å². The van der Waals surface area contributed by atoms with E-state index in [0.29, 0.717) is 4.34 Å². The van der Waals surface area contributed by atoms with E-state index in [9.17, 15) is 13.2 Å². The van der Waals surface area contributed by atoms with Gasteiger partial charge in [0.1, 0.15) is 10.8 Å². The Kier molecular flexibility index (Phi) is 5.76. The molecule has 0 atom stereocenters. The number of nitrogens with zero attached hydrogens (tertiary/aromatic N) is 2. The van der Waals surface area contributed by atoms with E-state index in [4.69, 9.17) is 16.3 Å². The molecule has 0 saturated heterocycles. The van der Waals surface area contributed by atoms with Gasteiger partial charge in [0.05, 0.1) is 21.2 Å². The lowest BCUT2D eigenvalue weighted by atomic mass is 10.1. The normalized spacial score (nSPS) is 12.7. The van der Waals surface area contributed by atoms with E-state index >= 15 is 0 Å². The second kappa shape index (κ2) is 7.75. The number of carbonyl (C=O) groups excluding carboxylic acids is 1. The molecule has 0 N–H and O–H groups in total. The summed E-state index contributed by atoms with van der Waals surface area (Å²) in [4.78, 5) is 12.3. The van der Waals surface area contributed by atoms with E-state index in [1.807, 2.05) is 26.0 Å². The number of aromatic nitrogens is 1. The molecule has 0 aliphatic rings. The number of thiophene rings is 1. The summed E-state index contributed by atoms with van der Waals surface area (Å²) in [5.74, 6) is -0.450. The van der Waals surface area contributed by atoms with Crippen molar-refractivity contribution in [1.29, 1.82) is 0 Å². The summed E-state index contributed by atoms with van der Waals surface area (Å²) >= 11 is 8.03. The number of aryl methyl sites for hydroxylation is 2. The zero-order chi connectivity index (χ0) is 19.8. The van der Waals surface area contributed by atoms with E-state index in [1.54, 1.807) is 11.5 Å². The molecule has 0 unspecified atom stereocenters. The number of fused-ring (bicyclic) bond motifs is 1. The number of halogens is 1. The lowest BCUT2D eigenvalue weighted by Crippen LogP contribution is -2.23. The van der Waals surface area contributed by atoms with E-state index in [0.717, 1.165) is 32.7 Å². The van der Waals surface area contributed by atoms with Gasteiger partial charge in [-0.3, -0.25) is 4.79 Å². The van der Waals surface area contributed by atoms with Gasteiger partial charge in [-0.15, -0.1) is 15.7 Å². The van der Waals surface area contributed by atoms with Crippen molar-refractivity contribution >= 4 is 60.5 Å². The molecule has 0 bridgehead atoms. The fraction of sp³-hybridized carbons (Fsp3) is 0.294. The third-order valence-corrected chi connectivity index (χ3v) is 8.02. The molecule has 3 aromatic rings. The number of hydrogen-bond donors (Lipinski definition) is 0. The molecule has 6 nitrogen and oxygen atoms in total. The standard InChI is InChI=1S/C17H17ClN2O4S3/c1-4-24-14(21)9-20-12-8-10(2)7-11(3)16(12)26-17(20)19-27(22,23)15-6-5-13(18)25-15/h5-8H,4,9H2,1-3H3/b19-17-. The van der Waals surface area contributed by atoms with E-state index < -0.39 is 16.0 Å². The number of sulfonamides is 1. The first-order chi connectivity index (χ1) is 12.7. The fourth-order valence-corrected chi connectivity index (χ4v) is 6.40. The van der Waals surface area contributed by atoms with Gasteiger partial charge < -0.3 is 9.30 Å². The summed E-state index contributed by atoms with van der Waals surface area (Å²) < 4.78 is 37.3. The first-order valence-corrected chi connectivity index (χ1v) is 11.5. The Morgan fingerprint density at radius 3 is 2.63 bits per heavy atom. The summed E-state index contributed by atoms with van der Waals surface area (Å²) in [7, 11) is -3.94. The van der Waals surface area contributed by atoms with Crippen molar-refractivity contribution in [2.45, 2.75) is 31.5 Å². The van der Waals surface area contributed by atoms with E-state index in [-0.39, 0.29) is 22.2 Å². The van der Waals surface area contributed by atoms with Gasteiger partial charge in [-0.2, -0.15) is 8.42 Å². The molecule has 0 saturated carbocycles. The van der Waals surface area contributed by atoms with Crippen LogP contribution in [-0.4, -0.2) is 25.6 Å². The molecule has 0 amide bonds. The molecule has 0 radical (unpaired) electrons. The highest BCUT2D eigenvalue weighted by Crippen LogP contribution is 2.28. The van der Waals surface area contributed by atoms with Crippen LogP contribution in [0.1, 0.15) is 18.1 Å². The van der Waals surface area contributed by atoms with Crippen LogP contribution in [0, 0.1) is 13.8 Å². The van der Waals surface area contributed by atoms with Crippen LogP contribution in [0.5, 0.6) is 0 Å². The third kappa shape index (κ3) is 4.26. The minimum atomic E-state index is -3.94. The van der Waals surface area contributed by atoms with Crippen molar-refractivity contribution in [2.24, 2.45) is 4.40 Å². The Balaban J connectivity index is 2.25. The molecule has 0 fully saturated rings. The van der Waals surface area contributed by atoms with E-state index in [2.05, 4.69) is 4.40 Å². The van der Waals surface area contributed by atoms with Crippen molar-refractivity contribution in [3.63, 3.8) is 0 Å². The molecule has 2 aromatic heterocycles. The predicted octanol–water partition coefficient (Wildman–Crippen LogP) is 3.89. The number of thiazole rings is 1. The summed E-state index contributed by atoms with van der Waals surface area (Å²) in [5, 5.41) is 0. The number of hydrogen-bond acceptors (Lipinski definition) is 6. The average Bonchev–Trinajstić information content (AvgIpc) is 3.14. The minimum absolute atomic E-state index is 0.0561. The molecule has 27 heavy (non-hydrogen) atoms. The largest absolute Gasteiger partial charge is 0.465 e. The van der Waals surface area contributed by atoms with Crippen LogP contribution in [0.4, 0.5) is 0 Å². The molecular formula is C17H17ClN2O4S3. The summed E-state index contributed by atoms with van der Waals surface area (Å²) in [5.41, 5.74) is 2.75. The number of rotatable bonds is 5. The van der Waals surface area contributed by atoms with Gasteiger partial charge in [0.25, 0.3) is 10.0 Å². The number of esters is 1. The van der Waals surface area contributed by atoms with Crippen LogP contribution in [0.3, 0.4) is 0 Å². The molecule has 10 heteroatoms. The van der Waals surface area contributed by atoms with Crippen LogP contribution in [0.15, 0.2) is 32.9 Å². The Labute approximate surface area is 169 Å². The number of benzene rings is 1. The monoisotopic (exact) mass is 444 g/mol. The topological polar surface area (TPSA) is 77.7 Å². The Morgan fingerprint density at radius 1 is 1.26 bits per heavy atom. The predicted molar refractivity (Wildman–Crippen MR) is 108 cm³/mol. The van der Waals surface area contributed by atoms with Gasteiger partial charge >= 0.3 is 5.97 Å². The first-order valence-electron chi connectivity index (χ1n) is 8.04. The van der Waals surface area contributed by atoms with Gasteiger partial charge in [0.15, 0.2) is 0 Å². The second-order valence-corrected chi connectivity index (χ2v) is 10.4. The summed E-state index contributed by atoms with van der Waals surface area (Å²) in [6.07, 6.45) is 0. The zero-order valence-corrected chi connectivity index (χ0v) is 18.1. The maximum Gasteiger partial charge on any atom is 0.326 e. The van der Waals surface area contributed by atoms with Gasteiger partial charge in [0, 0.05) is 0 Å². The highest BCUT2D eigenvalue weighted by molar-refractivity contribution is 7.92. The van der Waals surface area contributed by atoms with Gasteiger partial charge in [0.2, 0.25) is 4.80 Å². The smallest absolute Gasteiger partial charge is 0.326 e. The number of ether oxygens (including phenoxy) is 1. The van der Waals surface area contributed by atoms with E-state index in [1.165, 1.54) is 23.5 Å². The Morgan fingerprint density at radius 2 is 2.00 bits per heavy atom. The SMILES string of the molecule is CCOC(=O)Cn1/c(=N/S(=O)(=O)c2ccc(Cl)s2)sc2c(C)cc(C)cc21. The molecule has 3 rings (SSSR count). The lowest BCUT2D eigenvalue weighted by molar-refractivity contribution is -0.143. The molecule has 1 aromatic carbocycles. The molecule has 144 valence electrons. The average molecular weight is 445 g/mol. The summed E-state index contributed by atoms with van der Waals surface area (Å²) in [6.45, 7) is 5.74. The van der Waals surface area contributed by atoms with Crippen LogP contribution in [0.25, 0.3) is 10.2 Å². The Hall–Kier alpha value is -1.68. The lowest BCUT2D eigenvalue weighted by Gasteiger charge is -2.06. The molecule has 0 aliphatic carbocycles. The highest BCUT2D eigenvalue weighted by atomic mass is 35.5. The van der Waals surface area contributed by atoms with Crippen molar-refractivity contribution in [2.75, 3.05) is 6.61 Å². The Bertz CT molecular complexity index is 1190. The summed E-state index contributed by atoms with van der Waals surface area (Å²) in [6, 6.07) is 6.85. The quantitative estimate of drug-likeness (QED) is 0.559. The first kappa shape index (κ1) is 20.1. The maximum atomic E-state index is 12.7. The van der Waals surface area contributed by atoms with Crippen molar-refractivity contribution < 1.29 is 17.9 Å². The highest BCUT2D eigenvalue weighted by Gasteiger charge is 2.19. The zero-order valence-electron chi connectivity index (χ0n) is 14.9. The van der Waals surface area contributed by atoms with Crippen molar-refractivity contribution in [1.82, 2.24) is 4.57 Å². The molecule has 2 heterocycles.